The topological polar surface area (TPSA) is 76.2 Å². The van der Waals surface area contributed by atoms with Crippen molar-refractivity contribution in [3.8, 4) is 0 Å². The lowest BCUT2D eigenvalue weighted by Crippen LogP contribution is -2.53. The second kappa shape index (κ2) is 10.8. The number of amides is 4. The number of halogens is 3. The van der Waals surface area contributed by atoms with Crippen LogP contribution >= 0.6 is 0 Å². The number of piperazine rings is 1. The van der Waals surface area contributed by atoms with Gasteiger partial charge in [-0.3, -0.25) is 14.5 Å². The van der Waals surface area contributed by atoms with Crippen molar-refractivity contribution in [2.45, 2.75) is 31.9 Å². The van der Waals surface area contributed by atoms with Crippen molar-refractivity contribution in [2.24, 2.45) is 5.92 Å². The number of likely N-dealkylation sites (tertiary alicyclic amines) is 2. The molecule has 0 radical (unpaired) electrons. The molecule has 0 spiro atoms. The lowest BCUT2D eigenvalue weighted by atomic mass is 9.95. The second-order valence-corrected chi connectivity index (χ2v) is 9.43. The van der Waals surface area contributed by atoms with Gasteiger partial charge in [0.05, 0.1) is 17.8 Å². The van der Waals surface area contributed by atoms with Crippen molar-refractivity contribution in [2.75, 3.05) is 64.2 Å². The minimum Gasteiger partial charge on any atom is -0.340 e. The number of nitrogens with one attached hydrogen (secondary N) is 1. The van der Waals surface area contributed by atoms with E-state index in [9.17, 15) is 27.6 Å². The summed E-state index contributed by atoms with van der Waals surface area (Å²) in [5, 5.41) is 2.37. The van der Waals surface area contributed by atoms with E-state index in [1.165, 1.54) is 18.2 Å². The Hall–Kier alpha value is -2.82. The highest BCUT2D eigenvalue weighted by atomic mass is 19.4. The van der Waals surface area contributed by atoms with Gasteiger partial charge in [0.25, 0.3) is 0 Å². The maximum Gasteiger partial charge on any atom is 0.418 e. The maximum absolute atomic E-state index is 13.1. The molecule has 1 N–H and O–H groups in total. The van der Waals surface area contributed by atoms with E-state index in [0.29, 0.717) is 52.1 Å². The van der Waals surface area contributed by atoms with E-state index in [4.69, 9.17) is 0 Å². The molecule has 0 atom stereocenters. The van der Waals surface area contributed by atoms with Gasteiger partial charge in [0.15, 0.2) is 0 Å². The lowest BCUT2D eigenvalue weighted by molar-refractivity contribution is -0.139. The maximum atomic E-state index is 13.1. The Morgan fingerprint density at radius 2 is 1.43 bits per heavy atom. The largest absolute Gasteiger partial charge is 0.418 e. The van der Waals surface area contributed by atoms with Crippen LogP contribution in [0.1, 0.15) is 31.2 Å². The Kier molecular flexibility index (Phi) is 7.83. The second-order valence-electron chi connectivity index (χ2n) is 9.43. The van der Waals surface area contributed by atoms with Gasteiger partial charge < -0.3 is 20.0 Å². The summed E-state index contributed by atoms with van der Waals surface area (Å²) in [6.45, 7) is 4.67. The highest BCUT2D eigenvalue weighted by Crippen LogP contribution is 2.34. The van der Waals surface area contributed by atoms with Gasteiger partial charge in [-0.1, -0.05) is 12.1 Å². The molecule has 3 heterocycles. The number of rotatable bonds is 4. The predicted octanol–water partition coefficient (Wildman–Crippen LogP) is 2.72. The third-order valence-electron chi connectivity index (χ3n) is 7.05. The number of para-hydroxylation sites is 1. The predicted molar refractivity (Wildman–Crippen MR) is 124 cm³/mol. The van der Waals surface area contributed by atoms with Gasteiger partial charge in [-0.15, -0.1) is 0 Å². The molecular formula is C24H32F3N5O3. The minimum atomic E-state index is -4.55. The van der Waals surface area contributed by atoms with Crippen molar-refractivity contribution >= 4 is 23.5 Å². The summed E-state index contributed by atoms with van der Waals surface area (Å²) < 4.78 is 39.4. The molecule has 11 heteroatoms. The number of carbonyl (C=O) groups excluding carboxylic acids is 3. The summed E-state index contributed by atoms with van der Waals surface area (Å²) in [6.07, 6.45) is -1.14. The van der Waals surface area contributed by atoms with Gasteiger partial charge in [-0.2, -0.15) is 13.2 Å². The monoisotopic (exact) mass is 495 g/mol. The van der Waals surface area contributed by atoms with E-state index in [-0.39, 0.29) is 30.1 Å². The van der Waals surface area contributed by atoms with E-state index in [1.54, 1.807) is 4.90 Å². The molecule has 0 aromatic heterocycles. The molecule has 0 aliphatic carbocycles. The van der Waals surface area contributed by atoms with Gasteiger partial charge in [0, 0.05) is 58.3 Å². The zero-order chi connectivity index (χ0) is 25.0. The number of benzene rings is 1. The molecule has 4 amide bonds. The van der Waals surface area contributed by atoms with Crippen LogP contribution in [0.4, 0.5) is 23.7 Å². The first-order valence-electron chi connectivity index (χ1n) is 12.2. The van der Waals surface area contributed by atoms with E-state index >= 15 is 0 Å². The summed E-state index contributed by atoms with van der Waals surface area (Å²) in [5.41, 5.74) is -1.13. The molecule has 0 bridgehead atoms. The molecule has 0 unspecified atom stereocenters. The Bertz CT molecular complexity index is 919. The highest BCUT2D eigenvalue weighted by Gasteiger charge is 2.35. The van der Waals surface area contributed by atoms with Crippen LogP contribution in [0.3, 0.4) is 0 Å². The van der Waals surface area contributed by atoms with Crippen LogP contribution < -0.4 is 5.32 Å². The first-order valence-corrected chi connectivity index (χ1v) is 12.2. The molecule has 3 fully saturated rings. The van der Waals surface area contributed by atoms with Crippen molar-refractivity contribution in [1.29, 1.82) is 0 Å². The standard InChI is InChI=1S/C24H32F3N5O3/c25-24(26,27)19-5-1-2-6-20(19)28-21(33)17-29-13-15-30(16-14-29)22(34)18-7-11-32(12-8-18)23(35)31-9-3-4-10-31/h1-2,5-6,18H,3-4,7-17H2,(H,28,33). The minimum absolute atomic E-state index is 0.0365. The number of urea groups is 1. The van der Waals surface area contributed by atoms with Crippen LogP contribution in [0.2, 0.25) is 0 Å². The molecule has 1 aromatic rings. The van der Waals surface area contributed by atoms with Gasteiger partial charge in [0.1, 0.15) is 0 Å². The van der Waals surface area contributed by atoms with E-state index in [0.717, 1.165) is 32.0 Å². The van der Waals surface area contributed by atoms with Crippen LogP contribution in [0, 0.1) is 5.92 Å². The normalized spacial score (nSPS) is 20.3. The third-order valence-corrected chi connectivity index (χ3v) is 7.05. The molecule has 0 saturated carbocycles. The third kappa shape index (κ3) is 6.25. The fraction of sp³-hybridized carbons (Fsp3) is 0.625. The first kappa shape index (κ1) is 25.3. The van der Waals surface area contributed by atoms with Crippen LogP contribution in [0.5, 0.6) is 0 Å². The number of carbonyl (C=O) groups is 3. The molecule has 4 rings (SSSR count). The number of anilines is 1. The van der Waals surface area contributed by atoms with Gasteiger partial charge in [-0.05, 0) is 37.8 Å². The van der Waals surface area contributed by atoms with Gasteiger partial charge in [0.2, 0.25) is 11.8 Å². The van der Waals surface area contributed by atoms with Crippen molar-refractivity contribution in [1.82, 2.24) is 19.6 Å². The Morgan fingerprint density at radius 3 is 2.06 bits per heavy atom. The van der Waals surface area contributed by atoms with E-state index < -0.39 is 17.6 Å². The van der Waals surface area contributed by atoms with Crippen molar-refractivity contribution in [3.63, 3.8) is 0 Å². The summed E-state index contributed by atoms with van der Waals surface area (Å²) in [5.74, 6) is -0.538. The molecular weight excluding hydrogens is 463 g/mol. The molecule has 8 nitrogen and oxygen atoms in total. The number of alkyl halides is 3. The Balaban J connectivity index is 1.20. The average molecular weight is 496 g/mol. The van der Waals surface area contributed by atoms with Crippen LogP contribution in [0.15, 0.2) is 24.3 Å². The summed E-state index contributed by atoms with van der Waals surface area (Å²) in [4.78, 5) is 45.3. The Morgan fingerprint density at radius 1 is 0.829 bits per heavy atom. The molecule has 35 heavy (non-hydrogen) atoms. The summed E-state index contributed by atoms with van der Waals surface area (Å²) in [6, 6.07) is 4.98. The molecule has 192 valence electrons. The number of hydrogen-bond donors (Lipinski definition) is 1. The molecule has 3 aliphatic heterocycles. The van der Waals surface area contributed by atoms with E-state index in [1.807, 2.05) is 14.7 Å². The van der Waals surface area contributed by atoms with Gasteiger partial charge in [-0.25, -0.2) is 4.79 Å². The SMILES string of the molecule is O=C(CN1CCN(C(=O)C2CCN(C(=O)N3CCCC3)CC2)CC1)Nc1ccccc1C(F)(F)F. The highest BCUT2D eigenvalue weighted by molar-refractivity contribution is 5.93. The number of hydrogen-bond acceptors (Lipinski definition) is 4. The fourth-order valence-corrected chi connectivity index (χ4v) is 5.04. The molecule has 1 aromatic carbocycles. The average Bonchev–Trinajstić information content (AvgIpc) is 3.38. The number of piperidine rings is 1. The summed E-state index contributed by atoms with van der Waals surface area (Å²) in [7, 11) is 0. The number of nitrogens with zero attached hydrogens (tertiary/aromatic N) is 4. The zero-order valence-corrected chi connectivity index (χ0v) is 19.7. The Labute approximate surface area is 203 Å². The van der Waals surface area contributed by atoms with Crippen LogP contribution in [-0.2, 0) is 15.8 Å². The molecule has 3 saturated heterocycles. The summed E-state index contributed by atoms with van der Waals surface area (Å²) >= 11 is 0. The fourth-order valence-electron chi connectivity index (χ4n) is 5.04. The van der Waals surface area contributed by atoms with Crippen LogP contribution in [-0.4, -0.2) is 96.3 Å². The zero-order valence-electron chi connectivity index (χ0n) is 19.7. The lowest BCUT2D eigenvalue weighted by Gasteiger charge is -2.39. The van der Waals surface area contributed by atoms with Crippen molar-refractivity contribution < 1.29 is 27.6 Å². The molecule has 3 aliphatic rings. The smallest absolute Gasteiger partial charge is 0.340 e. The van der Waals surface area contributed by atoms with Crippen LogP contribution in [0.25, 0.3) is 0 Å². The first-order chi connectivity index (χ1) is 16.7. The van der Waals surface area contributed by atoms with Gasteiger partial charge >= 0.3 is 12.2 Å². The van der Waals surface area contributed by atoms with E-state index in [2.05, 4.69) is 5.32 Å². The van der Waals surface area contributed by atoms with Crippen molar-refractivity contribution in [3.05, 3.63) is 29.8 Å². The quantitative estimate of drug-likeness (QED) is 0.697.